The number of hydrogen-bond donors (Lipinski definition) is 0. The summed E-state index contributed by atoms with van der Waals surface area (Å²) in [6, 6.07) is 62.1. The predicted octanol–water partition coefficient (Wildman–Crippen LogP) is 12.2. The van der Waals surface area contributed by atoms with Gasteiger partial charge in [-0.05, 0) is 79.2 Å². The van der Waals surface area contributed by atoms with E-state index in [1.165, 1.54) is 32.7 Å². The molecular formula is C47H31N3. The van der Waals surface area contributed by atoms with Crippen LogP contribution in [0, 0.1) is 0 Å². The van der Waals surface area contributed by atoms with Crippen molar-refractivity contribution < 1.29 is 0 Å². The first-order valence-corrected chi connectivity index (χ1v) is 16.8. The molecule has 0 bridgehead atoms. The molecule has 2 aromatic heterocycles. The molecular weight excluding hydrogens is 607 g/mol. The zero-order chi connectivity index (χ0) is 33.3. The monoisotopic (exact) mass is 637 g/mol. The van der Waals surface area contributed by atoms with E-state index in [-0.39, 0.29) is 0 Å². The van der Waals surface area contributed by atoms with Crippen LogP contribution in [-0.2, 0) is 0 Å². The first kappa shape index (κ1) is 29.4. The molecule has 0 spiro atoms. The highest BCUT2D eigenvalue weighted by molar-refractivity contribution is 5.97. The van der Waals surface area contributed by atoms with Gasteiger partial charge >= 0.3 is 0 Å². The van der Waals surface area contributed by atoms with Crippen LogP contribution in [0.25, 0.3) is 88.8 Å². The van der Waals surface area contributed by atoms with Crippen molar-refractivity contribution in [1.82, 2.24) is 15.0 Å². The van der Waals surface area contributed by atoms with Crippen LogP contribution in [0.4, 0.5) is 0 Å². The summed E-state index contributed by atoms with van der Waals surface area (Å²) in [4.78, 5) is 14.6. The number of hydrogen-bond acceptors (Lipinski definition) is 3. The largest absolute Gasteiger partial charge is 0.264 e. The maximum atomic E-state index is 5.18. The SMILES string of the molecule is c1cncc(-c2ccc(-c3cc(-c4cccc(-c5ccc6ccccc6c5)c4)nc(-c4ccc(-c5cccc6ccccc56)cc4)n3)cc2)c1. The third kappa shape index (κ3) is 5.72. The predicted molar refractivity (Wildman–Crippen MR) is 207 cm³/mol. The van der Waals surface area contributed by atoms with E-state index in [4.69, 9.17) is 9.97 Å². The summed E-state index contributed by atoms with van der Waals surface area (Å²) in [5.41, 5.74) is 11.7. The molecule has 0 aliphatic rings. The molecule has 9 rings (SSSR count). The van der Waals surface area contributed by atoms with E-state index < -0.39 is 0 Å². The Hall–Kier alpha value is -6.71. The van der Waals surface area contributed by atoms with E-state index in [9.17, 15) is 0 Å². The van der Waals surface area contributed by atoms with E-state index >= 15 is 0 Å². The second-order valence-corrected chi connectivity index (χ2v) is 12.5. The summed E-state index contributed by atoms with van der Waals surface area (Å²) < 4.78 is 0. The van der Waals surface area contributed by atoms with E-state index in [2.05, 4.69) is 175 Å². The van der Waals surface area contributed by atoms with Crippen molar-refractivity contribution in [3.8, 4) is 67.3 Å². The lowest BCUT2D eigenvalue weighted by atomic mass is 9.97. The third-order valence-corrected chi connectivity index (χ3v) is 9.39. The molecule has 0 radical (unpaired) electrons. The quantitative estimate of drug-likeness (QED) is 0.182. The Balaban J connectivity index is 1.14. The Kier molecular flexibility index (Phi) is 7.49. The van der Waals surface area contributed by atoms with Crippen LogP contribution >= 0.6 is 0 Å². The average molecular weight is 638 g/mol. The van der Waals surface area contributed by atoms with Crippen molar-refractivity contribution in [1.29, 1.82) is 0 Å². The third-order valence-electron chi connectivity index (χ3n) is 9.39. The smallest absolute Gasteiger partial charge is 0.160 e. The normalized spacial score (nSPS) is 11.2. The molecule has 50 heavy (non-hydrogen) atoms. The van der Waals surface area contributed by atoms with Gasteiger partial charge in [0.05, 0.1) is 11.4 Å². The Bertz CT molecular complexity index is 2620. The second kappa shape index (κ2) is 12.7. The summed E-state index contributed by atoms with van der Waals surface area (Å²) in [5, 5.41) is 4.93. The van der Waals surface area contributed by atoms with E-state index in [1.807, 2.05) is 12.3 Å². The molecule has 0 amide bonds. The minimum absolute atomic E-state index is 0.689. The highest BCUT2D eigenvalue weighted by atomic mass is 14.9. The minimum Gasteiger partial charge on any atom is -0.264 e. The second-order valence-electron chi connectivity index (χ2n) is 12.5. The molecule has 234 valence electrons. The van der Waals surface area contributed by atoms with Gasteiger partial charge in [-0.25, -0.2) is 9.97 Å². The molecule has 0 saturated carbocycles. The van der Waals surface area contributed by atoms with Gasteiger partial charge in [-0.15, -0.1) is 0 Å². The molecule has 0 unspecified atom stereocenters. The maximum absolute atomic E-state index is 5.18. The molecule has 3 heteroatoms. The van der Waals surface area contributed by atoms with Gasteiger partial charge in [0.1, 0.15) is 0 Å². The molecule has 9 aromatic rings. The number of nitrogens with zero attached hydrogens (tertiary/aromatic N) is 3. The summed E-state index contributed by atoms with van der Waals surface area (Å²) in [5.74, 6) is 0.689. The van der Waals surface area contributed by atoms with Crippen molar-refractivity contribution in [2.75, 3.05) is 0 Å². The van der Waals surface area contributed by atoms with Crippen LogP contribution in [0.3, 0.4) is 0 Å². The first-order chi connectivity index (χ1) is 24.7. The lowest BCUT2D eigenvalue weighted by Gasteiger charge is -2.12. The Morgan fingerprint density at radius 1 is 0.320 bits per heavy atom. The van der Waals surface area contributed by atoms with Gasteiger partial charge in [0.15, 0.2) is 5.82 Å². The van der Waals surface area contributed by atoms with Crippen LogP contribution in [-0.4, -0.2) is 15.0 Å². The topological polar surface area (TPSA) is 38.7 Å². The number of rotatable bonds is 6. The number of fused-ring (bicyclic) bond motifs is 2. The zero-order valence-corrected chi connectivity index (χ0v) is 27.2. The van der Waals surface area contributed by atoms with Crippen molar-refractivity contribution in [3.63, 3.8) is 0 Å². The van der Waals surface area contributed by atoms with Crippen molar-refractivity contribution in [3.05, 3.63) is 188 Å². The Morgan fingerprint density at radius 3 is 1.74 bits per heavy atom. The molecule has 0 N–H and O–H groups in total. The highest BCUT2D eigenvalue weighted by Gasteiger charge is 2.13. The lowest BCUT2D eigenvalue weighted by Crippen LogP contribution is -1.96. The zero-order valence-electron chi connectivity index (χ0n) is 27.2. The molecule has 0 fully saturated rings. The maximum Gasteiger partial charge on any atom is 0.160 e. The Labute approximate surface area is 291 Å². The van der Waals surface area contributed by atoms with Crippen LogP contribution in [0.15, 0.2) is 188 Å². The molecule has 2 heterocycles. The highest BCUT2D eigenvalue weighted by Crippen LogP contribution is 2.34. The van der Waals surface area contributed by atoms with Crippen LogP contribution in [0.2, 0.25) is 0 Å². The first-order valence-electron chi connectivity index (χ1n) is 16.8. The molecule has 0 aliphatic heterocycles. The van der Waals surface area contributed by atoms with Gasteiger partial charge < -0.3 is 0 Å². The molecule has 0 atom stereocenters. The van der Waals surface area contributed by atoms with Gasteiger partial charge in [0.2, 0.25) is 0 Å². The summed E-state index contributed by atoms with van der Waals surface area (Å²) in [7, 11) is 0. The summed E-state index contributed by atoms with van der Waals surface area (Å²) in [6.07, 6.45) is 3.69. The minimum atomic E-state index is 0.689. The standard InChI is InChI=1S/C47H31N3/c1-2-10-38-28-40(26-19-32(38)8-1)39-12-5-13-41(29-39)46-30-45(36-22-17-33(18-23-36)42-14-7-27-48-31-42)49-47(50-46)37-24-20-35(21-25-37)44-16-6-11-34-9-3-4-15-43(34)44/h1-31H. The van der Waals surface area contributed by atoms with Gasteiger partial charge in [0.25, 0.3) is 0 Å². The fourth-order valence-electron chi connectivity index (χ4n) is 6.74. The Morgan fingerprint density at radius 2 is 0.920 bits per heavy atom. The van der Waals surface area contributed by atoms with Gasteiger partial charge in [-0.1, -0.05) is 152 Å². The number of aromatic nitrogens is 3. The van der Waals surface area contributed by atoms with Crippen molar-refractivity contribution >= 4 is 21.5 Å². The van der Waals surface area contributed by atoms with E-state index in [0.29, 0.717) is 5.82 Å². The van der Waals surface area contributed by atoms with Crippen LogP contribution in [0.1, 0.15) is 0 Å². The van der Waals surface area contributed by atoms with Crippen molar-refractivity contribution in [2.45, 2.75) is 0 Å². The van der Waals surface area contributed by atoms with Crippen LogP contribution < -0.4 is 0 Å². The number of benzene rings is 7. The van der Waals surface area contributed by atoms with E-state index in [0.717, 1.165) is 50.3 Å². The average Bonchev–Trinajstić information content (AvgIpc) is 3.21. The number of pyridine rings is 1. The summed E-state index contributed by atoms with van der Waals surface area (Å²) >= 11 is 0. The molecule has 0 aliphatic carbocycles. The fourth-order valence-corrected chi connectivity index (χ4v) is 6.74. The lowest BCUT2D eigenvalue weighted by molar-refractivity contribution is 1.18. The van der Waals surface area contributed by atoms with Gasteiger partial charge in [-0.3, -0.25) is 4.98 Å². The van der Waals surface area contributed by atoms with E-state index in [1.54, 1.807) is 6.20 Å². The molecule has 3 nitrogen and oxygen atoms in total. The van der Waals surface area contributed by atoms with Gasteiger partial charge in [0, 0.05) is 29.1 Å². The molecule has 7 aromatic carbocycles. The molecule has 0 saturated heterocycles. The van der Waals surface area contributed by atoms with Gasteiger partial charge in [-0.2, -0.15) is 0 Å². The fraction of sp³-hybridized carbons (Fsp3) is 0. The van der Waals surface area contributed by atoms with Crippen LogP contribution in [0.5, 0.6) is 0 Å². The summed E-state index contributed by atoms with van der Waals surface area (Å²) in [6.45, 7) is 0. The van der Waals surface area contributed by atoms with Crippen molar-refractivity contribution in [2.24, 2.45) is 0 Å².